The summed E-state index contributed by atoms with van der Waals surface area (Å²) < 4.78 is 0. The summed E-state index contributed by atoms with van der Waals surface area (Å²) in [7, 11) is 0. The van der Waals surface area contributed by atoms with E-state index in [1.54, 1.807) is 24.3 Å². The maximum absolute atomic E-state index is 13.4. The lowest BCUT2D eigenvalue weighted by Crippen LogP contribution is -2.60. The zero-order chi connectivity index (χ0) is 17.3. The van der Waals surface area contributed by atoms with Gasteiger partial charge in [0.25, 0.3) is 5.91 Å². The average Bonchev–Trinajstić information content (AvgIpc) is 2.68. The van der Waals surface area contributed by atoms with Crippen molar-refractivity contribution in [2.45, 2.75) is 5.66 Å². The number of Topliss-reactive ketones (excluding diaryl/α,β-unsaturated/α-hetero) is 1. The van der Waals surface area contributed by atoms with Crippen molar-refractivity contribution in [2.24, 2.45) is 0 Å². The summed E-state index contributed by atoms with van der Waals surface area (Å²) in [5.74, 6) is -0.482. The standard InChI is InChI=1S/C21H16N2O2/c24-19(15-9-3-1-4-10-15)21(16-11-5-2-6-12-16)22-18-14-8-7-13-17(18)20(25)23-21/h1-14,22H,(H,23,25)/t21-/m1/s1. The second-order valence-corrected chi connectivity index (χ2v) is 5.94. The largest absolute Gasteiger partial charge is 0.352 e. The highest BCUT2D eigenvalue weighted by molar-refractivity contribution is 6.12. The highest BCUT2D eigenvalue weighted by atomic mass is 16.2. The fourth-order valence-electron chi connectivity index (χ4n) is 3.14. The van der Waals surface area contributed by atoms with E-state index in [2.05, 4.69) is 10.6 Å². The Kier molecular flexibility index (Phi) is 3.58. The molecule has 122 valence electrons. The smallest absolute Gasteiger partial charge is 0.255 e. The molecule has 0 bridgehead atoms. The Hall–Kier alpha value is -3.40. The summed E-state index contributed by atoms with van der Waals surface area (Å²) in [6, 6.07) is 25.4. The van der Waals surface area contributed by atoms with Gasteiger partial charge in [-0.2, -0.15) is 0 Å². The molecule has 0 radical (unpaired) electrons. The van der Waals surface area contributed by atoms with E-state index in [1.165, 1.54) is 0 Å². The maximum atomic E-state index is 13.4. The van der Waals surface area contributed by atoms with Crippen molar-refractivity contribution in [3.8, 4) is 0 Å². The Morgan fingerprint density at radius 3 is 2.04 bits per heavy atom. The first-order valence-electron chi connectivity index (χ1n) is 8.06. The van der Waals surface area contributed by atoms with E-state index in [0.717, 1.165) is 0 Å². The van der Waals surface area contributed by atoms with Gasteiger partial charge in [0.05, 0.1) is 5.56 Å². The van der Waals surface area contributed by atoms with Crippen molar-refractivity contribution in [1.82, 2.24) is 5.32 Å². The molecule has 0 spiro atoms. The monoisotopic (exact) mass is 328 g/mol. The molecule has 1 aliphatic heterocycles. The predicted molar refractivity (Wildman–Crippen MR) is 96.4 cm³/mol. The Balaban J connectivity index is 1.90. The first kappa shape index (κ1) is 15.1. The highest BCUT2D eigenvalue weighted by Gasteiger charge is 2.45. The van der Waals surface area contributed by atoms with Crippen molar-refractivity contribution in [3.63, 3.8) is 0 Å². The number of nitrogens with one attached hydrogen (secondary N) is 2. The lowest BCUT2D eigenvalue weighted by Gasteiger charge is -2.39. The van der Waals surface area contributed by atoms with E-state index < -0.39 is 5.66 Å². The van der Waals surface area contributed by atoms with Crippen LogP contribution < -0.4 is 10.6 Å². The van der Waals surface area contributed by atoms with Gasteiger partial charge in [-0.25, -0.2) is 0 Å². The molecule has 1 aliphatic rings. The number of hydrogen-bond acceptors (Lipinski definition) is 3. The molecule has 3 aromatic rings. The molecule has 4 heteroatoms. The predicted octanol–water partition coefficient (Wildman–Crippen LogP) is 3.58. The van der Waals surface area contributed by atoms with Gasteiger partial charge in [-0.3, -0.25) is 9.59 Å². The average molecular weight is 328 g/mol. The molecule has 4 rings (SSSR count). The molecule has 4 nitrogen and oxygen atoms in total. The SMILES string of the molecule is O=C1N[C@@](C(=O)c2ccccc2)(c2ccccc2)Nc2ccccc21. The molecule has 3 aromatic carbocycles. The minimum atomic E-state index is -1.34. The number of benzene rings is 3. The van der Waals surface area contributed by atoms with Gasteiger partial charge in [0, 0.05) is 16.8 Å². The number of hydrogen-bond donors (Lipinski definition) is 2. The van der Waals surface area contributed by atoms with Crippen molar-refractivity contribution in [2.75, 3.05) is 5.32 Å². The van der Waals surface area contributed by atoms with Crippen molar-refractivity contribution >= 4 is 17.4 Å². The summed E-state index contributed by atoms with van der Waals surface area (Å²) in [6.07, 6.45) is 0. The fraction of sp³-hybridized carbons (Fsp3) is 0.0476. The molecule has 1 heterocycles. The zero-order valence-electron chi connectivity index (χ0n) is 13.4. The van der Waals surface area contributed by atoms with Gasteiger partial charge in [0.1, 0.15) is 0 Å². The molecule has 2 N–H and O–H groups in total. The fourth-order valence-corrected chi connectivity index (χ4v) is 3.14. The Morgan fingerprint density at radius 1 is 0.720 bits per heavy atom. The van der Waals surface area contributed by atoms with E-state index in [-0.39, 0.29) is 11.7 Å². The Bertz CT molecular complexity index is 938. The topological polar surface area (TPSA) is 58.2 Å². The summed E-state index contributed by atoms with van der Waals surface area (Å²) in [5, 5.41) is 6.17. The molecule has 0 aliphatic carbocycles. The van der Waals surface area contributed by atoms with Crippen molar-refractivity contribution in [3.05, 3.63) is 102 Å². The van der Waals surface area contributed by atoms with Gasteiger partial charge in [0.15, 0.2) is 0 Å². The number of amides is 1. The van der Waals surface area contributed by atoms with Crippen LogP contribution in [0.25, 0.3) is 0 Å². The molecule has 0 unspecified atom stereocenters. The summed E-state index contributed by atoms with van der Waals surface area (Å²) in [6.45, 7) is 0. The highest BCUT2D eigenvalue weighted by Crippen LogP contribution is 2.33. The van der Waals surface area contributed by atoms with Gasteiger partial charge < -0.3 is 10.6 Å². The summed E-state index contributed by atoms with van der Waals surface area (Å²) in [4.78, 5) is 26.1. The van der Waals surface area contributed by atoms with Crippen LogP contribution in [0.2, 0.25) is 0 Å². The number of anilines is 1. The zero-order valence-corrected chi connectivity index (χ0v) is 13.4. The number of fused-ring (bicyclic) bond motifs is 1. The van der Waals surface area contributed by atoms with Gasteiger partial charge in [0.2, 0.25) is 11.4 Å². The minimum Gasteiger partial charge on any atom is -0.352 e. The van der Waals surface area contributed by atoms with Crippen LogP contribution in [-0.4, -0.2) is 11.7 Å². The second kappa shape index (κ2) is 5.91. The van der Waals surface area contributed by atoms with E-state index in [0.29, 0.717) is 22.4 Å². The third-order valence-corrected chi connectivity index (χ3v) is 4.38. The molecular formula is C21H16N2O2. The minimum absolute atomic E-state index is 0.206. The van der Waals surface area contributed by atoms with Crippen LogP contribution in [0, 0.1) is 0 Å². The van der Waals surface area contributed by atoms with Gasteiger partial charge in [-0.1, -0.05) is 72.8 Å². The van der Waals surface area contributed by atoms with Gasteiger partial charge in [-0.05, 0) is 12.1 Å². The quantitative estimate of drug-likeness (QED) is 0.723. The molecule has 0 saturated carbocycles. The maximum Gasteiger partial charge on any atom is 0.255 e. The molecule has 1 atom stereocenters. The van der Waals surface area contributed by atoms with Crippen molar-refractivity contribution < 1.29 is 9.59 Å². The van der Waals surface area contributed by atoms with Crippen LogP contribution >= 0.6 is 0 Å². The molecule has 1 amide bonds. The van der Waals surface area contributed by atoms with E-state index in [9.17, 15) is 9.59 Å². The molecule has 25 heavy (non-hydrogen) atoms. The first-order valence-corrected chi connectivity index (χ1v) is 8.06. The van der Waals surface area contributed by atoms with Crippen LogP contribution in [-0.2, 0) is 5.66 Å². The summed E-state index contributed by atoms with van der Waals surface area (Å²) in [5.41, 5.74) is 1.04. The Labute approximate surface area is 145 Å². The van der Waals surface area contributed by atoms with Gasteiger partial charge in [-0.15, -0.1) is 0 Å². The lowest BCUT2D eigenvalue weighted by atomic mass is 9.87. The van der Waals surface area contributed by atoms with Crippen LogP contribution in [0.15, 0.2) is 84.9 Å². The Morgan fingerprint density at radius 2 is 1.32 bits per heavy atom. The molecular weight excluding hydrogens is 312 g/mol. The van der Waals surface area contributed by atoms with Crippen LogP contribution in [0.5, 0.6) is 0 Å². The van der Waals surface area contributed by atoms with E-state index >= 15 is 0 Å². The third-order valence-electron chi connectivity index (χ3n) is 4.38. The molecule has 0 fully saturated rings. The van der Waals surface area contributed by atoms with Crippen LogP contribution in [0.3, 0.4) is 0 Å². The van der Waals surface area contributed by atoms with Crippen LogP contribution in [0.4, 0.5) is 5.69 Å². The molecule has 0 aromatic heterocycles. The number of para-hydroxylation sites is 1. The first-order chi connectivity index (χ1) is 12.2. The number of ketones is 1. The lowest BCUT2D eigenvalue weighted by molar-refractivity contribution is 0.0778. The number of rotatable bonds is 3. The van der Waals surface area contributed by atoms with Gasteiger partial charge >= 0.3 is 0 Å². The second-order valence-electron chi connectivity index (χ2n) is 5.94. The third kappa shape index (κ3) is 2.48. The van der Waals surface area contributed by atoms with E-state index in [4.69, 9.17) is 0 Å². The summed E-state index contributed by atoms with van der Waals surface area (Å²) >= 11 is 0. The number of carbonyl (C=O) groups excluding carboxylic acids is 2. The van der Waals surface area contributed by atoms with E-state index in [1.807, 2.05) is 60.7 Å². The van der Waals surface area contributed by atoms with Crippen LogP contribution in [0.1, 0.15) is 26.3 Å². The normalized spacial score (nSPS) is 18.6. The number of carbonyl (C=O) groups is 2. The molecule has 0 saturated heterocycles. The van der Waals surface area contributed by atoms with Crippen molar-refractivity contribution in [1.29, 1.82) is 0 Å².